The first-order chi connectivity index (χ1) is 12.4. The van der Waals surface area contributed by atoms with Crippen LogP contribution in [0.2, 0.25) is 0 Å². The Hall–Kier alpha value is -2.69. The second-order valence-corrected chi connectivity index (χ2v) is 6.35. The number of carbonyl (C=O) groups excluding carboxylic acids is 2. The second kappa shape index (κ2) is 9.13. The number of halogens is 1. The van der Waals surface area contributed by atoms with Crippen LogP contribution in [0.15, 0.2) is 48.5 Å². The smallest absolute Gasteiger partial charge is 0.242 e. The van der Waals surface area contributed by atoms with Gasteiger partial charge in [0.2, 0.25) is 11.8 Å². The summed E-state index contributed by atoms with van der Waals surface area (Å²) in [7, 11) is 1.56. The monoisotopic (exact) mass is 356 g/mol. The normalized spacial score (nSPS) is 11.7. The van der Waals surface area contributed by atoms with Crippen LogP contribution < -0.4 is 5.32 Å². The summed E-state index contributed by atoms with van der Waals surface area (Å²) in [4.78, 5) is 26.8. The lowest BCUT2D eigenvalue weighted by Crippen LogP contribution is -2.48. The third-order valence-electron chi connectivity index (χ3n) is 4.37. The van der Waals surface area contributed by atoms with Crippen molar-refractivity contribution >= 4 is 11.8 Å². The zero-order valence-corrected chi connectivity index (χ0v) is 15.5. The van der Waals surface area contributed by atoms with E-state index >= 15 is 0 Å². The number of nitrogens with one attached hydrogen (secondary N) is 1. The maximum absolute atomic E-state index is 13.2. The maximum atomic E-state index is 13.2. The Bertz CT molecular complexity index is 742. The molecule has 0 saturated heterocycles. The van der Waals surface area contributed by atoms with Gasteiger partial charge in [0.05, 0.1) is 6.42 Å². The molecule has 0 fully saturated rings. The number of hydrogen-bond donors (Lipinski definition) is 1. The molecule has 2 aromatic carbocycles. The van der Waals surface area contributed by atoms with Gasteiger partial charge in [0.25, 0.3) is 0 Å². The van der Waals surface area contributed by atoms with Crippen LogP contribution in [0.5, 0.6) is 0 Å². The van der Waals surface area contributed by atoms with Gasteiger partial charge in [0.1, 0.15) is 11.9 Å². The highest BCUT2D eigenvalue weighted by molar-refractivity contribution is 5.88. The van der Waals surface area contributed by atoms with E-state index in [0.29, 0.717) is 6.42 Å². The number of hydrogen-bond acceptors (Lipinski definition) is 2. The summed E-state index contributed by atoms with van der Waals surface area (Å²) < 4.78 is 13.2. The van der Waals surface area contributed by atoms with Gasteiger partial charge in [-0.1, -0.05) is 48.9 Å². The molecular weight excluding hydrogens is 331 g/mol. The molecule has 0 radical (unpaired) electrons. The largest absolute Gasteiger partial charge is 0.357 e. The molecule has 4 nitrogen and oxygen atoms in total. The van der Waals surface area contributed by atoms with Crippen molar-refractivity contribution < 1.29 is 14.0 Å². The van der Waals surface area contributed by atoms with Gasteiger partial charge >= 0.3 is 0 Å². The topological polar surface area (TPSA) is 49.4 Å². The van der Waals surface area contributed by atoms with Crippen molar-refractivity contribution in [3.8, 4) is 0 Å². The van der Waals surface area contributed by atoms with Crippen molar-refractivity contribution in [3.63, 3.8) is 0 Å². The summed E-state index contributed by atoms with van der Waals surface area (Å²) in [5.41, 5.74) is 2.81. The van der Waals surface area contributed by atoms with E-state index in [2.05, 4.69) is 5.32 Å². The molecule has 1 atom stereocenters. The van der Waals surface area contributed by atoms with Gasteiger partial charge in [-0.05, 0) is 36.6 Å². The van der Waals surface area contributed by atoms with Crippen LogP contribution in [0.25, 0.3) is 0 Å². The lowest BCUT2D eigenvalue weighted by atomic mass is 10.1. The fraction of sp³-hybridized carbons (Fsp3) is 0.333. The fourth-order valence-electron chi connectivity index (χ4n) is 2.85. The number of nitrogens with zero attached hydrogens (tertiary/aromatic N) is 1. The van der Waals surface area contributed by atoms with Crippen molar-refractivity contribution in [3.05, 3.63) is 71.0 Å². The number of aryl methyl sites for hydroxylation is 1. The molecule has 2 rings (SSSR count). The van der Waals surface area contributed by atoms with Crippen molar-refractivity contribution in [1.82, 2.24) is 10.2 Å². The van der Waals surface area contributed by atoms with E-state index in [0.717, 1.165) is 16.7 Å². The van der Waals surface area contributed by atoms with Crippen LogP contribution in [-0.4, -0.2) is 29.8 Å². The van der Waals surface area contributed by atoms with E-state index in [1.807, 2.05) is 38.1 Å². The molecule has 0 aliphatic carbocycles. The van der Waals surface area contributed by atoms with Crippen molar-refractivity contribution in [2.75, 3.05) is 7.05 Å². The quantitative estimate of drug-likeness (QED) is 0.828. The summed E-state index contributed by atoms with van der Waals surface area (Å²) in [6, 6.07) is 13.2. The zero-order chi connectivity index (χ0) is 19.1. The summed E-state index contributed by atoms with van der Waals surface area (Å²) in [6.07, 6.45) is 0.718. The van der Waals surface area contributed by atoms with Gasteiger partial charge in [-0.2, -0.15) is 0 Å². The first-order valence-corrected chi connectivity index (χ1v) is 8.75. The molecule has 0 aromatic heterocycles. The Kier molecular flexibility index (Phi) is 6.89. The van der Waals surface area contributed by atoms with E-state index in [1.54, 1.807) is 24.1 Å². The molecule has 5 heteroatoms. The lowest BCUT2D eigenvalue weighted by molar-refractivity contribution is -0.140. The summed E-state index contributed by atoms with van der Waals surface area (Å²) >= 11 is 0. The van der Waals surface area contributed by atoms with Crippen LogP contribution >= 0.6 is 0 Å². The third kappa shape index (κ3) is 5.15. The molecule has 1 N–H and O–H groups in total. The Labute approximate surface area is 154 Å². The molecule has 0 unspecified atom stereocenters. The van der Waals surface area contributed by atoms with Crippen LogP contribution in [0.1, 0.15) is 30.0 Å². The molecule has 0 aliphatic heterocycles. The molecular formula is C21H25FN2O2. The van der Waals surface area contributed by atoms with E-state index in [4.69, 9.17) is 0 Å². The molecule has 2 amide bonds. The average molecular weight is 356 g/mol. The van der Waals surface area contributed by atoms with Crippen LogP contribution in [0, 0.1) is 12.7 Å². The molecule has 0 aliphatic rings. The number of rotatable bonds is 7. The fourth-order valence-corrected chi connectivity index (χ4v) is 2.85. The van der Waals surface area contributed by atoms with Crippen LogP contribution in [0.3, 0.4) is 0 Å². The molecule has 0 heterocycles. The van der Waals surface area contributed by atoms with Gasteiger partial charge in [0, 0.05) is 13.6 Å². The number of carbonyl (C=O) groups is 2. The van der Waals surface area contributed by atoms with E-state index in [1.165, 1.54) is 12.1 Å². The van der Waals surface area contributed by atoms with Gasteiger partial charge in [-0.3, -0.25) is 9.59 Å². The van der Waals surface area contributed by atoms with Crippen molar-refractivity contribution in [1.29, 1.82) is 0 Å². The van der Waals surface area contributed by atoms with Gasteiger partial charge in [0.15, 0.2) is 0 Å². The number of amides is 2. The minimum atomic E-state index is -0.567. The Balaban J connectivity index is 2.25. The predicted octanol–water partition coefficient (Wildman–Crippen LogP) is 3.23. The summed E-state index contributed by atoms with van der Waals surface area (Å²) in [5, 5.41) is 2.62. The Morgan fingerprint density at radius 1 is 1.04 bits per heavy atom. The van der Waals surface area contributed by atoms with Crippen molar-refractivity contribution in [2.45, 2.75) is 39.3 Å². The van der Waals surface area contributed by atoms with Crippen LogP contribution in [-0.2, 0) is 22.6 Å². The molecule has 2 aromatic rings. The molecule has 26 heavy (non-hydrogen) atoms. The summed E-state index contributed by atoms with van der Waals surface area (Å²) in [6.45, 7) is 4.12. The lowest BCUT2D eigenvalue weighted by Gasteiger charge is -2.30. The Morgan fingerprint density at radius 2 is 1.62 bits per heavy atom. The zero-order valence-electron chi connectivity index (χ0n) is 15.5. The molecule has 0 bridgehead atoms. The molecule has 138 valence electrons. The standard InChI is InChI=1S/C21H25FN2O2/c1-4-19(21(26)23-3)24(14-17-9-11-18(22)12-10-17)20(25)13-16-7-5-15(2)6-8-16/h5-12,19H,4,13-14H2,1-3H3,(H,23,26)/t19-/m1/s1. The number of benzene rings is 2. The maximum Gasteiger partial charge on any atom is 0.242 e. The predicted molar refractivity (Wildman–Crippen MR) is 100.0 cm³/mol. The highest BCUT2D eigenvalue weighted by Crippen LogP contribution is 2.15. The van der Waals surface area contributed by atoms with E-state index in [9.17, 15) is 14.0 Å². The molecule has 0 saturated carbocycles. The van der Waals surface area contributed by atoms with Gasteiger partial charge in [-0.25, -0.2) is 4.39 Å². The first-order valence-electron chi connectivity index (χ1n) is 8.75. The van der Waals surface area contributed by atoms with Crippen LogP contribution in [0.4, 0.5) is 4.39 Å². The minimum absolute atomic E-state index is 0.131. The highest BCUT2D eigenvalue weighted by atomic mass is 19.1. The van der Waals surface area contributed by atoms with E-state index in [-0.39, 0.29) is 30.6 Å². The third-order valence-corrected chi connectivity index (χ3v) is 4.37. The van der Waals surface area contributed by atoms with Gasteiger partial charge in [-0.15, -0.1) is 0 Å². The SMILES string of the molecule is CC[C@H](C(=O)NC)N(Cc1ccc(F)cc1)C(=O)Cc1ccc(C)cc1. The highest BCUT2D eigenvalue weighted by Gasteiger charge is 2.27. The van der Waals surface area contributed by atoms with Gasteiger partial charge < -0.3 is 10.2 Å². The molecule has 0 spiro atoms. The average Bonchev–Trinajstić information content (AvgIpc) is 2.64. The number of likely N-dealkylation sites (N-methyl/N-ethyl adjacent to an activating group) is 1. The van der Waals surface area contributed by atoms with E-state index < -0.39 is 6.04 Å². The Morgan fingerprint density at radius 3 is 2.15 bits per heavy atom. The van der Waals surface area contributed by atoms with Crippen molar-refractivity contribution in [2.24, 2.45) is 0 Å². The minimum Gasteiger partial charge on any atom is -0.357 e. The second-order valence-electron chi connectivity index (χ2n) is 6.35. The first kappa shape index (κ1) is 19.6. The summed E-state index contributed by atoms with van der Waals surface area (Å²) in [5.74, 6) is -0.662.